The molecule has 1 atom stereocenters. The third-order valence-corrected chi connectivity index (χ3v) is 5.69. The second-order valence-electron chi connectivity index (χ2n) is 7.48. The Morgan fingerprint density at radius 1 is 1.25 bits per heavy atom. The van der Waals surface area contributed by atoms with E-state index >= 15 is 0 Å². The van der Waals surface area contributed by atoms with Crippen molar-refractivity contribution in [2.24, 2.45) is 13.0 Å². The number of imidazole rings is 1. The molecule has 134 valence electrons. The number of hydrogen-bond acceptors (Lipinski definition) is 4. The van der Waals surface area contributed by atoms with Crippen LogP contribution in [-0.2, 0) is 18.4 Å². The Kier molecular flexibility index (Phi) is 5.56. The van der Waals surface area contributed by atoms with Crippen LogP contribution >= 0.6 is 0 Å². The van der Waals surface area contributed by atoms with Gasteiger partial charge in [-0.2, -0.15) is 0 Å². The maximum Gasteiger partial charge on any atom is 0.219 e. The highest BCUT2D eigenvalue weighted by molar-refractivity contribution is 5.73. The molecular weight excluding hydrogens is 302 g/mol. The van der Waals surface area contributed by atoms with Crippen LogP contribution in [0.4, 0.5) is 0 Å². The second kappa shape index (κ2) is 7.66. The molecule has 0 N–H and O–H groups in total. The molecule has 1 amide bonds. The van der Waals surface area contributed by atoms with Gasteiger partial charge in [0.05, 0.1) is 6.54 Å². The maximum absolute atomic E-state index is 11.4. The van der Waals surface area contributed by atoms with Crippen LogP contribution < -0.4 is 0 Å². The van der Waals surface area contributed by atoms with Crippen LogP contribution in [0, 0.1) is 5.92 Å². The van der Waals surface area contributed by atoms with Crippen molar-refractivity contribution in [2.45, 2.75) is 39.3 Å². The summed E-state index contributed by atoms with van der Waals surface area (Å²) in [6, 6.07) is 0.563. The number of aromatic nitrogens is 2. The van der Waals surface area contributed by atoms with Crippen molar-refractivity contribution < 1.29 is 4.79 Å². The van der Waals surface area contributed by atoms with E-state index in [-0.39, 0.29) is 5.91 Å². The fourth-order valence-corrected chi connectivity index (χ4v) is 4.00. The molecule has 2 aliphatic rings. The molecule has 0 spiro atoms. The van der Waals surface area contributed by atoms with E-state index in [1.807, 2.05) is 17.3 Å². The van der Waals surface area contributed by atoms with Gasteiger partial charge in [-0.3, -0.25) is 9.69 Å². The average Bonchev–Trinajstić information content (AvgIpc) is 2.95. The summed E-state index contributed by atoms with van der Waals surface area (Å²) < 4.78 is 2.11. The highest BCUT2D eigenvalue weighted by Gasteiger charge is 2.28. The average molecular weight is 333 g/mol. The van der Waals surface area contributed by atoms with Gasteiger partial charge in [0.1, 0.15) is 5.82 Å². The van der Waals surface area contributed by atoms with E-state index < -0.39 is 0 Å². The van der Waals surface area contributed by atoms with Crippen LogP contribution in [0.5, 0.6) is 0 Å². The van der Waals surface area contributed by atoms with Crippen molar-refractivity contribution in [3.8, 4) is 0 Å². The molecule has 24 heavy (non-hydrogen) atoms. The molecule has 0 unspecified atom stereocenters. The highest BCUT2D eigenvalue weighted by Crippen LogP contribution is 2.21. The summed E-state index contributed by atoms with van der Waals surface area (Å²) in [5.74, 6) is 2.12. The first kappa shape index (κ1) is 17.4. The Morgan fingerprint density at radius 2 is 2.00 bits per heavy atom. The van der Waals surface area contributed by atoms with Crippen molar-refractivity contribution in [2.75, 3.05) is 39.3 Å². The van der Waals surface area contributed by atoms with Crippen molar-refractivity contribution in [1.82, 2.24) is 24.3 Å². The van der Waals surface area contributed by atoms with Crippen LogP contribution in [0.2, 0.25) is 0 Å². The zero-order chi connectivity index (χ0) is 17.1. The van der Waals surface area contributed by atoms with E-state index in [1.165, 1.54) is 6.54 Å². The summed E-state index contributed by atoms with van der Waals surface area (Å²) in [6.45, 7) is 11.4. The molecule has 1 aromatic heterocycles. The van der Waals surface area contributed by atoms with Crippen LogP contribution in [0.15, 0.2) is 12.4 Å². The van der Waals surface area contributed by atoms with Crippen LogP contribution in [0.25, 0.3) is 0 Å². The maximum atomic E-state index is 11.4. The standard InChI is InChI=1S/C18H31N5O/c1-15-12-21(13-17-4-7-22(8-5-17)16(2)24)10-11-23(15)14-18-19-6-9-20(18)3/h6,9,15,17H,4-5,7-8,10-14H2,1-3H3/t15-/m1/s1. The van der Waals surface area contributed by atoms with Gasteiger partial charge in [0, 0.05) is 71.7 Å². The van der Waals surface area contributed by atoms with Crippen LogP contribution in [0.1, 0.15) is 32.5 Å². The number of carbonyl (C=O) groups excluding carboxylic acids is 1. The van der Waals surface area contributed by atoms with Crippen molar-refractivity contribution >= 4 is 5.91 Å². The van der Waals surface area contributed by atoms with Crippen LogP contribution in [-0.4, -0.2) is 75.5 Å². The van der Waals surface area contributed by atoms with E-state index in [2.05, 4.69) is 33.3 Å². The van der Waals surface area contributed by atoms with Gasteiger partial charge < -0.3 is 14.4 Å². The van der Waals surface area contributed by atoms with Crippen molar-refractivity contribution in [3.63, 3.8) is 0 Å². The minimum atomic E-state index is 0.227. The molecule has 2 saturated heterocycles. The minimum absolute atomic E-state index is 0.227. The monoisotopic (exact) mass is 333 g/mol. The summed E-state index contributed by atoms with van der Waals surface area (Å²) in [5, 5.41) is 0. The molecule has 6 heteroatoms. The Balaban J connectivity index is 1.44. The third kappa shape index (κ3) is 4.16. The first-order chi connectivity index (χ1) is 11.5. The number of piperidine rings is 1. The molecule has 0 aliphatic carbocycles. The van der Waals surface area contributed by atoms with E-state index in [4.69, 9.17) is 0 Å². The minimum Gasteiger partial charge on any atom is -0.343 e. The zero-order valence-electron chi connectivity index (χ0n) is 15.3. The van der Waals surface area contributed by atoms with Gasteiger partial charge in [0.2, 0.25) is 5.91 Å². The number of hydrogen-bond donors (Lipinski definition) is 0. The van der Waals surface area contributed by atoms with Gasteiger partial charge in [-0.05, 0) is 25.7 Å². The Labute approximate surface area is 145 Å². The zero-order valence-corrected chi connectivity index (χ0v) is 15.3. The number of rotatable bonds is 4. The third-order valence-electron chi connectivity index (χ3n) is 5.69. The molecule has 1 aromatic rings. The van der Waals surface area contributed by atoms with Gasteiger partial charge in [-0.25, -0.2) is 4.98 Å². The van der Waals surface area contributed by atoms with Crippen molar-refractivity contribution in [1.29, 1.82) is 0 Å². The Hall–Kier alpha value is -1.40. The smallest absolute Gasteiger partial charge is 0.219 e. The molecule has 3 rings (SSSR count). The van der Waals surface area contributed by atoms with Gasteiger partial charge in [0.15, 0.2) is 0 Å². The molecule has 6 nitrogen and oxygen atoms in total. The molecule has 0 saturated carbocycles. The first-order valence-corrected chi connectivity index (χ1v) is 9.21. The predicted molar refractivity (Wildman–Crippen MR) is 94.5 cm³/mol. The topological polar surface area (TPSA) is 44.6 Å². The lowest BCUT2D eigenvalue weighted by Gasteiger charge is -2.42. The highest BCUT2D eigenvalue weighted by atomic mass is 16.2. The lowest BCUT2D eigenvalue weighted by Crippen LogP contribution is -2.53. The van der Waals surface area contributed by atoms with Gasteiger partial charge >= 0.3 is 0 Å². The number of carbonyl (C=O) groups is 1. The SMILES string of the molecule is CC(=O)N1CCC(CN2CCN(Cc3nccn3C)[C@H](C)C2)CC1. The van der Waals surface area contributed by atoms with Gasteiger partial charge in [0.25, 0.3) is 0 Å². The number of amides is 1. The van der Waals surface area contributed by atoms with E-state index in [9.17, 15) is 4.79 Å². The summed E-state index contributed by atoms with van der Waals surface area (Å²) in [5.41, 5.74) is 0. The fourth-order valence-electron chi connectivity index (χ4n) is 4.00. The van der Waals surface area contributed by atoms with Crippen molar-refractivity contribution in [3.05, 3.63) is 18.2 Å². The molecule has 0 bridgehead atoms. The molecular formula is C18H31N5O. The molecule has 3 heterocycles. The molecule has 0 aromatic carbocycles. The Morgan fingerprint density at radius 3 is 2.58 bits per heavy atom. The predicted octanol–water partition coefficient (Wildman–Crippen LogP) is 1.18. The number of aryl methyl sites for hydroxylation is 1. The van der Waals surface area contributed by atoms with Gasteiger partial charge in [-0.1, -0.05) is 0 Å². The summed E-state index contributed by atoms with van der Waals surface area (Å²) in [4.78, 5) is 23.0. The quantitative estimate of drug-likeness (QED) is 0.830. The molecule has 2 aliphatic heterocycles. The first-order valence-electron chi connectivity index (χ1n) is 9.21. The summed E-state index contributed by atoms with van der Waals surface area (Å²) in [7, 11) is 2.07. The summed E-state index contributed by atoms with van der Waals surface area (Å²) in [6.07, 6.45) is 6.20. The lowest BCUT2D eigenvalue weighted by molar-refractivity contribution is -0.130. The fraction of sp³-hybridized carbons (Fsp3) is 0.778. The second-order valence-corrected chi connectivity index (χ2v) is 7.48. The summed E-state index contributed by atoms with van der Waals surface area (Å²) >= 11 is 0. The van der Waals surface area contributed by atoms with E-state index in [0.29, 0.717) is 6.04 Å². The molecule has 2 fully saturated rings. The number of nitrogens with zero attached hydrogens (tertiary/aromatic N) is 5. The normalized spacial score (nSPS) is 24.5. The lowest BCUT2D eigenvalue weighted by atomic mass is 9.95. The largest absolute Gasteiger partial charge is 0.343 e. The Bertz CT molecular complexity index is 549. The molecule has 0 radical (unpaired) electrons. The van der Waals surface area contributed by atoms with Gasteiger partial charge in [-0.15, -0.1) is 0 Å². The number of piperazine rings is 1. The van der Waals surface area contributed by atoms with E-state index in [1.54, 1.807) is 6.92 Å². The van der Waals surface area contributed by atoms with Crippen LogP contribution in [0.3, 0.4) is 0 Å². The van der Waals surface area contributed by atoms with E-state index in [0.717, 1.165) is 63.9 Å². The number of likely N-dealkylation sites (tertiary alicyclic amines) is 1.